The number of rotatable bonds is 9. The van der Waals surface area contributed by atoms with E-state index in [-0.39, 0.29) is 30.6 Å². The van der Waals surface area contributed by atoms with Crippen LogP contribution in [0.1, 0.15) is 6.92 Å². The van der Waals surface area contributed by atoms with Crippen LogP contribution in [0, 0.1) is 0 Å². The lowest BCUT2D eigenvalue weighted by atomic mass is 10.2. The van der Waals surface area contributed by atoms with Gasteiger partial charge in [0, 0.05) is 18.3 Å². The predicted octanol–water partition coefficient (Wildman–Crippen LogP) is 2.01. The standard InChI is InChI=1S/C18H20N2O6S/c1-14(21)19-15-7-9-16(10-8-15)20-18(22)13-25-11-12-26-27(23,24)17-5-3-2-4-6-17/h2-10H,11-13H2,1H3,(H,19,21)(H,20,22). The Balaban J connectivity index is 1.68. The van der Waals surface area contributed by atoms with Crippen LogP contribution in [-0.4, -0.2) is 40.1 Å². The van der Waals surface area contributed by atoms with E-state index in [2.05, 4.69) is 10.6 Å². The first-order valence-electron chi connectivity index (χ1n) is 8.06. The Morgan fingerprint density at radius 3 is 2.07 bits per heavy atom. The number of ether oxygens (including phenoxy) is 1. The fraction of sp³-hybridized carbons (Fsp3) is 0.222. The van der Waals surface area contributed by atoms with Gasteiger partial charge in [-0.05, 0) is 36.4 Å². The Hall–Kier alpha value is -2.75. The molecule has 2 aromatic rings. The molecule has 0 saturated heterocycles. The number of carbonyl (C=O) groups is 2. The number of benzene rings is 2. The van der Waals surface area contributed by atoms with Crippen molar-refractivity contribution in [2.75, 3.05) is 30.5 Å². The zero-order valence-corrected chi connectivity index (χ0v) is 15.5. The summed E-state index contributed by atoms with van der Waals surface area (Å²) in [6.07, 6.45) is 0. The van der Waals surface area contributed by atoms with E-state index in [9.17, 15) is 18.0 Å². The van der Waals surface area contributed by atoms with Crippen molar-refractivity contribution in [1.82, 2.24) is 0 Å². The second-order valence-electron chi connectivity index (χ2n) is 5.45. The van der Waals surface area contributed by atoms with E-state index >= 15 is 0 Å². The van der Waals surface area contributed by atoms with Crippen LogP contribution in [0.3, 0.4) is 0 Å². The van der Waals surface area contributed by atoms with Gasteiger partial charge in [0.15, 0.2) is 0 Å². The van der Waals surface area contributed by atoms with Crippen LogP contribution in [0.25, 0.3) is 0 Å². The number of hydrogen-bond donors (Lipinski definition) is 2. The second kappa shape index (κ2) is 9.81. The van der Waals surface area contributed by atoms with Gasteiger partial charge in [-0.15, -0.1) is 0 Å². The monoisotopic (exact) mass is 392 g/mol. The van der Waals surface area contributed by atoms with Gasteiger partial charge in [-0.1, -0.05) is 18.2 Å². The van der Waals surface area contributed by atoms with Crippen molar-refractivity contribution in [3.05, 3.63) is 54.6 Å². The minimum Gasteiger partial charge on any atom is -0.369 e. The van der Waals surface area contributed by atoms with E-state index in [1.165, 1.54) is 19.1 Å². The average molecular weight is 392 g/mol. The molecule has 2 rings (SSSR count). The zero-order valence-electron chi connectivity index (χ0n) is 14.7. The van der Waals surface area contributed by atoms with E-state index in [0.717, 1.165) is 0 Å². The van der Waals surface area contributed by atoms with E-state index in [4.69, 9.17) is 8.92 Å². The molecule has 0 atom stereocenters. The Morgan fingerprint density at radius 1 is 0.889 bits per heavy atom. The molecule has 0 aliphatic rings. The molecule has 144 valence electrons. The van der Waals surface area contributed by atoms with Gasteiger partial charge >= 0.3 is 0 Å². The third kappa shape index (κ3) is 7.18. The molecule has 0 bridgehead atoms. The first kappa shape index (κ1) is 20.6. The summed E-state index contributed by atoms with van der Waals surface area (Å²) in [6, 6.07) is 14.3. The van der Waals surface area contributed by atoms with Gasteiger partial charge in [0.1, 0.15) is 6.61 Å². The van der Waals surface area contributed by atoms with Gasteiger partial charge in [-0.2, -0.15) is 8.42 Å². The molecule has 0 aromatic heterocycles. The SMILES string of the molecule is CC(=O)Nc1ccc(NC(=O)COCCOS(=O)(=O)c2ccccc2)cc1. The summed E-state index contributed by atoms with van der Waals surface area (Å²) >= 11 is 0. The van der Waals surface area contributed by atoms with Crippen molar-refractivity contribution in [2.45, 2.75) is 11.8 Å². The molecular formula is C18H20N2O6S. The van der Waals surface area contributed by atoms with Crippen LogP contribution in [0.2, 0.25) is 0 Å². The molecule has 2 aromatic carbocycles. The van der Waals surface area contributed by atoms with Crippen molar-refractivity contribution < 1.29 is 26.9 Å². The molecule has 9 heteroatoms. The first-order valence-corrected chi connectivity index (χ1v) is 9.47. The summed E-state index contributed by atoms with van der Waals surface area (Å²) in [5.74, 6) is -0.579. The minimum atomic E-state index is -3.83. The topological polar surface area (TPSA) is 111 Å². The molecule has 0 fully saturated rings. The van der Waals surface area contributed by atoms with Crippen molar-refractivity contribution in [2.24, 2.45) is 0 Å². The highest BCUT2D eigenvalue weighted by molar-refractivity contribution is 7.86. The number of anilines is 2. The molecule has 0 aliphatic carbocycles. The highest BCUT2D eigenvalue weighted by Crippen LogP contribution is 2.13. The van der Waals surface area contributed by atoms with Gasteiger partial charge < -0.3 is 15.4 Å². The van der Waals surface area contributed by atoms with Crippen LogP contribution < -0.4 is 10.6 Å². The van der Waals surface area contributed by atoms with E-state index in [1.807, 2.05) is 0 Å². The minimum absolute atomic E-state index is 0.0546. The van der Waals surface area contributed by atoms with Crippen molar-refractivity contribution in [3.63, 3.8) is 0 Å². The fourth-order valence-corrected chi connectivity index (χ4v) is 2.97. The van der Waals surface area contributed by atoms with Crippen LogP contribution in [-0.2, 0) is 28.6 Å². The van der Waals surface area contributed by atoms with Gasteiger partial charge in [0.05, 0.1) is 18.1 Å². The van der Waals surface area contributed by atoms with E-state index in [0.29, 0.717) is 11.4 Å². The maximum atomic E-state index is 11.9. The van der Waals surface area contributed by atoms with Crippen LogP contribution >= 0.6 is 0 Å². The summed E-state index contributed by atoms with van der Waals surface area (Å²) in [6.45, 7) is 0.904. The molecule has 0 radical (unpaired) electrons. The molecule has 0 saturated carbocycles. The Bertz CT molecular complexity index is 866. The first-order chi connectivity index (χ1) is 12.9. The normalized spacial score (nSPS) is 11.0. The lowest BCUT2D eigenvalue weighted by Gasteiger charge is -2.08. The fourth-order valence-electron chi connectivity index (χ4n) is 2.06. The molecule has 0 aliphatic heterocycles. The predicted molar refractivity (Wildman–Crippen MR) is 99.8 cm³/mol. The lowest BCUT2D eigenvalue weighted by Crippen LogP contribution is -2.20. The molecule has 8 nitrogen and oxygen atoms in total. The van der Waals surface area contributed by atoms with Crippen LogP contribution in [0.15, 0.2) is 59.5 Å². The summed E-state index contributed by atoms with van der Waals surface area (Å²) in [5.41, 5.74) is 1.16. The van der Waals surface area contributed by atoms with Gasteiger partial charge in [-0.25, -0.2) is 0 Å². The third-order valence-electron chi connectivity index (χ3n) is 3.22. The molecule has 0 heterocycles. The molecule has 27 heavy (non-hydrogen) atoms. The van der Waals surface area contributed by atoms with Gasteiger partial charge in [-0.3, -0.25) is 13.8 Å². The summed E-state index contributed by atoms with van der Waals surface area (Å²) < 4.78 is 33.7. The second-order valence-corrected chi connectivity index (χ2v) is 7.06. The largest absolute Gasteiger partial charge is 0.369 e. The van der Waals surface area contributed by atoms with Crippen molar-refractivity contribution in [1.29, 1.82) is 0 Å². The Kier molecular flexibility index (Phi) is 7.47. The molecule has 0 unspecified atom stereocenters. The number of nitrogens with one attached hydrogen (secondary N) is 2. The average Bonchev–Trinajstić information content (AvgIpc) is 2.63. The van der Waals surface area contributed by atoms with Crippen LogP contribution in [0.4, 0.5) is 11.4 Å². The van der Waals surface area contributed by atoms with E-state index in [1.54, 1.807) is 42.5 Å². The third-order valence-corrected chi connectivity index (χ3v) is 4.55. The Morgan fingerprint density at radius 2 is 1.48 bits per heavy atom. The van der Waals surface area contributed by atoms with Crippen molar-refractivity contribution in [3.8, 4) is 0 Å². The molecular weight excluding hydrogens is 372 g/mol. The summed E-state index contributed by atoms with van der Waals surface area (Å²) in [5, 5.41) is 5.24. The maximum absolute atomic E-state index is 11.9. The highest BCUT2D eigenvalue weighted by atomic mass is 32.2. The van der Waals surface area contributed by atoms with Crippen molar-refractivity contribution >= 4 is 33.3 Å². The summed E-state index contributed by atoms with van der Waals surface area (Å²) in [7, 11) is -3.83. The lowest BCUT2D eigenvalue weighted by molar-refractivity contribution is -0.120. The van der Waals surface area contributed by atoms with Gasteiger partial charge in [0.2, 0.25) is 11.8 Å². The number of carbonyl (C=O) groups excluding carboxylic acids is 2. The maximum Gasteiger partial charge on any atom is 0.297 e. The molecule has 2 amide bonds. The number of hydrogen-bond acceptors (Lipinski definition) is 6. The zero-order chi connectivity index (χ0) is 19.7. The highest BCUT2D eigenvalue weighted by Gasteiger charge is 2.14. The van der Waals surface area contributed by atoms with Crippen LogP contribution in [0.5, 0.6) is 0 Å². The smallest absolute Gasteiger partial charge is 0.297 e. The quantitative estimate of drug-likeness (QED) is 0.499. The van der Waals surface area contributed by atoms with Gasteiger partial charge in [0.25, 0.3) is 10.1 Å². The number of amides is 2. The molecule has 2 N–H and O–H groups in total. The summed E-state index contributed by atoms with van der Waals surface area (Å²) in [4.78, 5) is 22.8. The molecule has 0 spiro atoms. The Labute approximate surface area is 157 Å². The van der Waals surface area contributed by atoms with E-state index < -0.39 is 16.0 Å².